The van der Waals surface area contributed by atoms with Gasteiger partial charge in [0.15, 0.2) is 5.78 Å². The third kappa shape index (κ3) is 3.57. The van der Waals surface area contributed by atoms with Crippen molar-refractivity contribution in [2.45, 2.75) is 46.1 Å². The lowest BCUT2D eigenvalue weighted by molar-refractivity contribution is 0.0908. The highest BCUT2D eigenvalue weighted by Gasteiger charge is 2.30. The molecule has 0 saturated heterocycles. The summed E-state index contributed by atoms with van der Waals surface area (Å²) in [4.78, 5) is 36.8. The number of rotatable bonds is 5. The van der Waals surface area contributed by atoms with Gasteiger partial charge in [-0.05, 0) is 43.4 Å². The van der Waals surface area contributed by atoms with Crippen molar-refractivity contribution in [3.05, 3.63) is 52.9 Å². The summed E-state index contributed by atoms with van der Waals surface area (Å²) in [6, 6.07) is 3.13. The van der Waals surface area contributed by atoms with Crippen LogP contribution in [0, 0.1) is 12.8 Å². The minimum Gasteiger partial charge on any atom is -0.354 e. The van der Waals surface area contributed by atoms with Crippen molar-refractivity contribution in [1.82, 2.24) is 25.4 Å². The molecule has 2 N–H and O–H groups in total. The van der Waals surface area contributed by atoms with Gasteiger partial charge in [-0.2, -0.15) is 4.98 Å². The lowest BCUT2D eigenvalue weighted by Crippen LogP contribution is -2.32. The normalized spacial score (nSPS) is 14.7. The van der Waals surface area contributed by atoms with E-state index in [1.807, 2.05) is 20.8 Å². The summed E-state index contributed by atoms with van der Waals surface area (Å²) in [7, 11) is 0. The fourth-order valence-corrected chi connectivity index (χ4v) is 3.71. The third-order valence-corrected chi connectivity index (χ3v) is 5.26. The summed E-state index contributed by atoms with van der Waals surface area (Å²) >= 11 is 0. The molecule has 8 nitrogen and oxygen atoms in total. The van der Waals surface area contributed by atoms with Crippen molar-refractivity contribution in [3.63, 3.8) is 0 Å². The Morgan fingerprint density at radius 1 is 1.24 bits per heavy atom. The highest BCUT2D eigenvalue weighted by molar-refractivity contribution is 6.04. The molecule has 0 saturated carbocycles. The molecule has 1 amide bonds. The summed E-state index contributed by atoms with van der Waals surface area (Å²) in [5, 5.41) is 7.02. The fraction of sp³-hybridized carbons (Fsp3) is 0.381. The SMILES string of the molecule is Cc1c(C(=O)NC(c2nc(-c3ccncc3)no2)C(C)C)[nH]c2c1C(=O)CCC2. The number of carbonyl (C=O) groups is 2. The van der Waals surface area contributed by atoms with Crippen LogP contribution < -0.4 is 5.32 Å². The number of aromatic amines is 1. The van der Waals surface area contributed by atoms with Gasteiger partial charge in [0, 0.05) is 35.6 Å². The molecule has 1 aliphatic carbocycles. The van der Waals surface area contributed by atoms with Crippen molar-refractivity contribution >= 4 is 11.7 Å². The van der Waals surface area contributed by atoms with Crippen LogP contribution in [0.25, 0.3) is 11.4 Å². The minimum absolute atomic E-state index is 0.0243. The molecule has 150 valence electrons. The second-order valence-corrected chi connectivity index (χ2v) is 7.64. The molecule has 29 heavy (non-hydrogen) atoms. The molecule has 0 aromatic carbocycles. The van der Waals surface area contributed by atoms with E-state index in [1.54, 1.807) is 24.5 Å². The molecule has 8 heteroatoms. The van der Waals surface area contributed by atoms with Crippen LogP contribution in [0.2, 0.25) is 0 Å². The number of nitrogens with one attached hydrogen (secondary N) is 2. The van der Waals surface area contributed by atoms with Crippen LogP contribution >= 0.6 is 0 Å². The Kier molecular flexibility index (Phi) is 5.00. The Morgan fingerprint density at radius 3 is 2.69 bits per heavy atom. The molecule has 1 unspecified atom stereocenters. The molecule has 4 rings (SSSR count). The predicted molar refractivity (Wildman–Crippen MR) is 105 cm³/mol. The smallest absolute Gasteiger partial charge is 0.268 e. The molecule has 1 aliphatic rings. The van der Waals surface area contributed by atoms with Crippen molar-refractivity contribution in [1.29, 1.82) is 0 Å². The first-order valence-corrected chi connectivity index (χ1v) is 9.75. The number of fused-ring (bicyclic) bond motifs is 1. The fourth-order valence-electron chi connectivity index (χ4n) is 3.71. The molecule has 3 aromatic rings. The van der Waals surface area contributed by atoms with E-state index in [4.69, 9.17) is 4.52 Å². The zero-order chi connectivity index (χ0) is 20.5. The molecule has 3 aromatic heterocycles. The quantitative estimate of drug-likeness (QED) is 0.687. The predicted octanol–water partition coefficient (Wildman–Crippen LogP) is 3.41. The molecule has 0 aliphatic heterocycles. The van der Waals surface area contributed by atoms with Crippen LogP contribution in [0.4, 0.5) is 0 Å². The van der Waals surface area contributed by atoms with E-state index in [-0.39, 0.29) is 17.6 Å². The maximum Gasteiger partial charge on any atom is 0.268 e. The second-order valence-electron chi connectivity index (χ2n) is 7.64. The molecule has 0 bridgehead atoms. The zero-order valence-corrected chi connectivity index (χ0v) is 16.7. The number of ketones is 1. The monoisotopic (exact) mass is 393 g/mol. The van der Waals surface area contributed by atoms with Crippen LogP contribution in [-0.2, 0) is 6.42 Å². The van der Waals surface area contributed by atoms with Crippen molar-refractivity contribution in [2.24, 2.45) is 5.92 Å². The van der Waals surface area contributed by atoms with Crippen LogP contribution in [0.5, 0.6) is 0 Å². The maximum absolute atomic E-state index is 13.0. The summed E-state index contributed by atoms with van der Waals surface area (Å²) in [6.07, 6.45) is 5.43. The maximum atomic E-state index is 13.0. The van der Waals surface area contributed by atoms with Gasteiger partial charge in [0.25, 0.3) is 5.91 Å². The Bertz CT molecular complexity index is 1050. The van der Waals surface area contributed by atoms with Gasteiger partial charge >= 0.3 is 0 Å². The Hall–Kier alpha value is -3.29. The number of hydrogen-bond acceptors (Lipinski definition) is 6. The highest BCUT2D eigenvalue weighted by Crippen LogP contribution is 2.28. The summed E-state index contributed by atoms with van der Waals surface area (Å²) in [5.74, 6) is 0.617. The summed E-state index contributed by atoms with van der Waals surface area (Å²) in [6.45, 7) is 5.75. The summed E-state index contributed by atoms with van der Waals surface area (Å²) < 4.78 is 5.45. The molecular formula is C21H23N5O3. The lowest BCUT2D eigenvalue weighted by atomic mass is 9.93. The first-order valence-electron chi connectivity index (χ1n) is 9.75. The third-order valence-electron chi connectivity index (χ3n) is 5.26. The lowest BCUT2D eigenvalue weighted by Gasteiger charge is -2.18. The van der Waals surface area contributed by atoms with Gasteiger partial charge in [0.1, 0.15) is 11.7 Å². The van der Waals surface area contributed by atoms with Crippen LogP contribution in [0.1, 0.15) is 70.7 Å². The zero-order valence-electron chi connectivity index (χ0n) is 16.7. The number of aryl methyl sites for hydroxylation is 1. The molecule has 0 fully saturated rings. The van der Waals surface area contributed by atoms with Crippen LogP contribution in [0.15, 0.2) is 29.0 Å². The highest BCUT2D eigenvalue weighted by atomic mass is 16.5. The van der Waals surface area contributed by atoms with E-state index in [0.29, 0.717) is 35.0 Å². The molecule has 1 atom stereocenters. The van der Waals surface area contributed by atoms with Crippen molar-refractivity contribution < 1.29 is 14.1 Å². The van der Waals surface area contributed by atoms with Crippen LogP contribution in [-0.4, -0.2) is 31.8 Å². The summed E-state index contributed by atoms with van der Waals surface area (Å²) in [5.41, 5.74) is 3.43. The number of nitrogens with zero attached hydrogens (tertiary/aromatic N) is 3. The molecular weight excluding hydrogens is 370 g/mol. The van der Waals surface area contributed by atoms with E-state index in [9.17, 15) is 9.59 Å². The Balaban J connectivity index is 1.59. The first-order chi connectivity index (χ1) is 14.0. The number of pyridine rings is 1. The number of carbonyl (C=O) groups excluding carboxylic acids is 2. The number of amides is 1. The second kappa shape index (κ2) is 7.62. The van der Waals surface area contributed by atoms with Gasteiger partial charge in [-0.1, -0.05) is 19.0 Å². The van der Waals surface area contributed by atoms with E-state index >= 15 is 0 Å². The van der Waals surface area contributed by atoms with Gasteiger partial charge in [-0.25, -0.2) is 0 Å². The number of Topliss-reactive ketones (excluding diaryl/α,β-unsaturated/α-hetero) is 1. The topological polar surface area (TPSA) is 114 Å². The van der Waals surface area contributed by atoms with E-state index in [2.05, 4.69) is 25.4 Å². The van der Waals surface area contributed by atoms with Gasteiger partial charge < -0.3 is 14.8 Å². The van der Waals surface area contributed by atoms with Crippen molar-refractivity contribution in [3.8, 4) is 11.4 Å². The molecule has 0 spiro atoms. The van der Waals surface area contributed by atoms with Crippen LogP contribution in [0.3, 0.4) is 0 Å². The Labute approximate surface area is 168 Å². The Morgan fingerprint density at radius 2 is 2.00 bits per heavy atom. The van der Waals surface area contributed by atoms with Gasteiger partial charge in [0.2, 0.25) is 11.7 Å². The van der Waals surface area contributed by atoms with Gasteiger partial charge in [-0.3, -0.25) is 14.6 Å². The minimum atomic E-state index is -0.457. The molecule has 3 heterocycles. The average Bonchev–Trinajstić information content (AvgIpc) is 3.32. The largest absolute Gasteiger partial charge is 0.354 e. The van der Waals surface area contributed by atoms with E-state index in [0.717, 1.165) is 24.1 Å². The van der Waals surface area contributed by atoms with Gasteiger partial charge in [0.05, 0.1) is 0 Å². The van der Waals surface area contributed by atoms with E-state index < -0.39 is 6.04 Å². The average molecular weight is 393 g/mol. The molecule has 0 radical (unpaired) electrons. The van der Waals surface area contributed by atoms with E-state index in [1.165, 1.54) is 0 Å². The number of aromatic nitrogens is 4. The standard InChI is InChI=1S/C21H23N5O3/c1-11(2)17(21-25-19(26-29-21)13-7-9-22-10-8-13)24-20(28)18-12(3)16-14(23-18)5-4-6-15(16)27/h7-11,17,23H,4-6H2,1-3H3,(H,24,28). The first kappa shape index (κ1) is 19.0. The van der Waals surface area contributed by atoms with Gasteiger partial charge in [-0.15, -0.1) is 0 Å². The van der Waals surface area contributed by atoms with Crippen molar-refractivity contribution in [2.75, 3.05) is 0 Å². The number of hydrogen-bond donors (Lipinski definition) is 2. The number of H-pyrrole nitrogens is 1.